The van der Waals surface area contributed by atoms with Crippen LogP contribution in [0.2, 0.25) is 5.02 Å². The SMILES string of the molecule is O=C(OC(CO)C(=O)NC12CC3CC(CC(C3)C1)C2)c1ccc(Cl)cc1. The predicted octanol–water partition coefficient (Wildman–Crippen LogP) is 2.94. The second kappa shape index (κ2) is 6.86. The van der Waals surface area contributed by atoms with Gasteiger partial charge in [0.2, 0.25) is 6.10 Å². The zero-order valence-corrected chi connectivity index (χ0v) is 15.4. The first-order valence-electron chi connectivity index (χ1n) is 9.36. The number of amides is 1. The van der Waals surface area contributed by atoms with Crippen LogP contribution in [-0.2, 0) is 9.53 Å². The van der Waals surface area contributed by atoms with Gasteiger partial charge in [-0.05, 0) is 80.5 Å². The highest BCUT2D eigenvalue weighted by Gasteiger charge is 2.52. The molecule has 1 aromatic rings. The number of aliphatic hydroxyl groups excluding tert-OH is 1. The summed E-state index contributed by atoms with van der Waals surface area (Å²) in [5.74, 6) is 1.07. The summed E-state index contributed by atoms with van der Waals surface area (Å²) < 4.78 is 5.26. The number of benzene rings is 1. The number of ether oxygens (including phenoxy) is 1. The molecule has 0 aromatic heterocycles. The van der Waals surface area contributed by atoms with Gasteiger partial charge in [-0.1, -0.05) is 11.6 Å². The Bertz CT molecular complexity index is 667. The van der Waals surface area contributed by atoms with E-state index in [4.69, 9.17) is 16.3 Å². The minimum Gasteiger partial charge on any atom is -0.446 e. The normalized spacial score (nSPS) is 32.9. The second-order valence-electron chi connectivity index (χ2n) is 8.27. The van der Waals surface area contributed by atoms with Crippen LogP contribution in [0.1, 0.15) is 48.9 Å². The molecule has 4 fully saturated rings. The summed E-state index contributed by atoms with van der Waals surface area (Å²) >= 11 is 5.82. The molecule has 1 aromatic carbocycles. The lowest BCUT2D eigenvalue weighted by molar-refractivity contribution is -0.137. The molecule has 0 heterocycles. The van der Waals surface area contributed by atoms with E-state index in [1.165, 1.54) is 31.4 Å². The molecular formula is C20H24ClNO4. The molecule has 26 heavy (non-hydrogen) atoms. The van der Waals surface area contributed by atoms with Crippen LogP contribution in [0.4, 0.5) is 0 Å². The average molecular weight is 378 g/mol. The third-order valence-electron chi connectivity index (χ3n) is 6.21. The first-order chi connectivity index (χ1) is 12.5. The van der Waals surface area contributed by atoms with Crippen LogP contribution < -0.4 is 5.32 Å². The molecule has 140 valence electrons. The molecule has 1 amide bonds. The number of nitrogens with one attached hydrogen (secondary N) is 1. The molecule has 6 heteroatoms. The first kappa shape index (κ1) is 17.8. The average Bonchev–Trinajstić information content (AvgIpc) is 2.58. The smallest absolute Gasteiger partial charge is 0.338 e. The van der Waals surface area contributed by atoms with Gasteiger partial charge in [0.25, 0.3) is 5.91 Å². The van der Waals surface area contributed by atoms with E-state index in [9.17, 15) is 14.7 Å². The van der Waals surface area contributed by atoms with Gasteiger partial charge in [0.05, 0.1) is 12.2 Å². The van der Waals surface area contributed by atoms with Gasteiger partial charge in [-0.25, -0.2) is 4.79 Å². The first-order valence-corrected chi connectivity index (χ1v) is 9.73. The predicted molar refractivity (Wildman–Crippen MR) is 96.8 cm³/mol. The molecule has 4 aliphatic rings. The summed E-state index contributed by atoms with van der Waals surface area (Å²) in [5.41, 5.74) is 0.127. The van der Waals surface area contributed by atoms with Crippen LogP contribution in [0.15, 0.2) is 24.3 Å². The van der Waals surface area contributed by atoms with Crippen molar-refractivity contribution in [1.29, 1.82) is 0 Å². The summed E-state index contributed by atoms with van der Waals surface area (Å²) in [7, 11) is 0. The zero-order chi connectivity index (χ0) is 18.3. The van der Waals surface area contributed by atoms with Gasteiger partial charge in [0, 0.05) is 10.6 Å². The number of hydrogen-bond acceptors (Lipinski definition) is 4. The van der Waals surface area contributed by atoms with Crippen molar-refractivity contribution in [1.82, 2.24) is 5.32 Å². The third kappa shape index (κ3) is 3.47. The van der Waals surface area contributed by atoms with Gasteiger partial charge in [0.1, 0.15) is 0 Å². The van der Waals surface area contributed by atoms with Crippen molar-refractivity contribution in [3.05, 3.63) is 34.9 Å². The lowest BCUT2D eigenvalue weighted by Gasteiger charge is -2.57. The van der Waals surface area contributed by atoms with Crippen LogP contribution in [-0.4, -0.2) is 35.2 Å². The molecule has 4 aliphatic carbocycles. The molecule has 1 unspecified atom stereocenters. The van der Waals surface area contributed by atoms with Crippen molar-refractivity contribution in [2.75, 3.05) is 6.61 Å². The Balaban J connectivity index is 1.41. The van der Waals surface area contributed by atoms with E-state index in [2.05, 4.69) is 5.32 Å². The van der Waals surface area contributed by atoms with Gasteiger partial charge >= 0.3 is 5.97 Å². The van der Waals surface area contributed by atoms with Crippen LogP contribution in [0.5, 0.6) is 0 Å². The fraction of sp³-hybridized carbons (Fsp3) is 0.600. The van der Waals surface area contributed by atoms with Gasteiger partial charge in [-0.2, -0.15) is 0 Å². The lowest BCUT2D eigenvalue weighted by Crippen LogP contribution is -2.61. The van der Waals surface area contributed by atoms with E-state index in [-0.39, 0.29) is 5.54 Å². The quantitative estimate of drug-likeness (QED) is 0.773. The number of carbonyl (C=O) groups excluding carboxylic acids is 2. The highest BCUT2D eigenvalue weighted by atomic mass is 35.5. The van der Waals surface area contributed by atoms with Gasteiger partial charge < -0.3 is 15.2 Å². The topological polar surface area (TPSA) is 75.6 Å². The van der Waals surface area contributed by atoms with E-state index in [1.54, 1.807) is 12.1 Å². The number of carbonyl (C=O) groups is 2. The van der Waals surface area contributed by atoms with Crippen molar-refractivity contribution < 1.29 is 19.4 Å². The largest absolute Gasteiger partial charge is 0.446 e. The standard InChI is InChI=1S/C20H24ClNO4/c21-16-3-1-15(2-4-16)19(25)26-17(11-23)18(24)22-20-8-12-5-13(9-20)7-14(6-12)10-20/h1-4,12-14,17,23H,5-11H2,(H,22,24). The summed E-state index contributed by atoms with van der Waals surface area (Å²) in [5, 5.41) is 13.2. The Morgan fingerprint density at radius 3 is 2.15 bits per heavy atom. The molecule has 0 saturated heterocycles. The summed E-state index contributed by atoms with van der Waals surface area (Å²) in [4.78, 5) is 24.9. The highest BCUT2D eigenvalue weighted by molar-refractivity contribution is 6.30. The number of halogens is 1. The number of aliphatic hydroxyl groups is 1. The maximum absolute atomic E-state index is 12.7. The van der Waals surface area contributed by atoms with E-state index in [0.717, 1.165) is 19.3 Å². The molecular weight excluding hydrogens is 354 g/mol. The maximum atomic E-state index is 12.7. The molecule has 2 N–H and O–H groups in total. The molecule has 0 spiro atoms. The van der Waals surface area contributed by atoms with Crippen molar-refractivity contribution in [2.45, 2.75) is 50.2 Å². The van der Waals surface area contributed by atoms with Gasteiger partial charge in [-0.15, -0.1) is 0 Å². The van der Waals surface area contributed by atoms with Crippen LogP contribution in [0.25, 0.3) is 0 Å². The Morgan fingerprint density at radius 1 is 1.12 bits per heavy atom. The Hall–Kier alpha value is -1.59. The summed E-state index contributed by atoms with van der Waals surface area (Å²) in [6, 6.07) is 6.25. The Kier molecular flexibility index (Phi) is 4.70. The minimum atomic E-state index is -1.19. The monoisotopic (exact) mass is 377 g/mol. The molecule has 5 rings (SSSR count). The Labute approximate surface area is 158 Å². The molecule has 1 atom stereocenters. The minimum absolute atomic E-state index is 0.175. The number of rotatable bonds is 5. The maximum Gasteiger partial charge on any atom is 0.338 e. The van der Waals surface area contributed by atoms with E-state index in [1.807, 2.05) is 0 Å². The fourth-order valence-electron chi connectivity index (χ4n) is 5.56. The van der Waals surface area contributed by atoms with Gasteiger partial charge in [0.15, 0.2) is 0 Å². The van der Waals surface area contributed by atoms with Crippen LogP contribution in [0, 0.1) is 17.8 Å². The Morgan fingerprint density at radius 2 is 1.65 bits per heavy atom. The van der Waals surface area contributed by atoms with Crippen LogP contribution >= 0.6 is 11.6 Å². The van der Waals surface area contributed by atoms with Crippen molar-refractivity contribution in [2.24, 2.45) is 17.8 Å². The molecule has 0 radical (unpaired) electrons. The van der Waals surface area contributed by atoms with Gasteiger partial charge in [-0.3, -0.25) is 4.79 Å². The van der Waals surface area contributed by atoms with Crippen LogP contribution in [0.3, 0.4) is 0 Å². The summed E-state index contributed by atoms with van der Waals surface area (Å²) in [6.07, 6.45) is 5.68. The highest BCUT2D eigenvalue weighted by Crippen LogP contribution is 2.55. The van der Waals surface area contributed by atoms with Crippen molar-refractivity contribution >= 4 is 23.5 Å². The molecule has 0 aliphatic heterocycles. The molecule has 4 bridgehead atoms. The molecule has 5 nitrogen and oxygen atoms in total. The van der Waals surface area contributed by atoms with E-state index in [0.29, 0.717) is 28.3 Å². The summed E-state index contributed by atoms with van der Waals surface area (Å²) in [6.45, 7) is -0.530. The van der Waals surface area contributed by atoms with Crippen molar-refractivity contribution in [3.8, 4) is 0 Å². The van der Waals surface area contributed by atoms with Crippen molar-refractivity contribution in [3.63, 3.8) is 0 Å². The fourth-order valence-corrected chi connectivity index (χ4v) is 5.69. The van der Waals surface area contributed by atoms with E-state index < -0.39 is 24.6 Å². The van der Waals surface area contributed by atoms with E-state index >= 15 is 0 Å². The number of hydrogen-bond donors (Lipinski definition) is 2. The molecule has 4 saturated carbocycles. The third-order valence-corrected chi connectivity index (χ3v) is 6.47. The second-order valence-corrected chi connectivity index (χ2v) is 8.71. The lowest BCUT2D eigenvalue weighted by atomic mass is 9.53. The zero-order valence-electron chi connectivity index (χ0n) is 14.6. The number of esters is 1.